The van der Waals surface area contributed by atoms with Gasteiger partial charge >= 0.3 is 0 Å². The number of aliphatic hydroxyl groups excluding tert-OH is 6. The second-order valence-corrected chi connectivity index (χ2v) is 3.26. The molecule has 0 aliphatic carbocycles. The van der Waals surface area contributed by atoms with Crippen molar-refractivity contribution in [2.75, 3.05) is 52.9 Å². The number of rotatable bonds is 4. The van der Waals surface area contributed by atoms with Gasteiger partial charge in [0.1, 0.15) is 12.2 Å². The molecule has 2 rings (SSSR count). The van der Waals surface area contributed by atoms with Crippen molar-refractivity contribution >= 4 is 0 Å². The topological polar surface area (TPSA) is 146 Å². The van der Waals surface area contributed by atoms with Gasteiger partial charge in [-0.1, -0.05) is 0 Å². The van der Waals surface area contributed by atoms with Gasteiger partial charge in [0.25, 0.3) is 0 Å². The van der Waals surface area contributed by atoms with Crippen molar-refractivity contribution in [2.24, 2.45) is 0 Å². The molecule has 0 bridgehead atoms. The first-order chi connectivity index (χ1) is 8.62. The van der Waals surface area contributed by atoms with Crippen molar-refractivity contribution < 1.29 is 40.1 Å². The minimum atomic E-state index is -0.954. The van der Waals surface area contributed by atoms with E-state index in [4.69, 9.17) is 30.6 Å². The van der Waals surface area contributed by atoms with Crippen LogP contribution in [0.15, 0.2) is 0 Å². The highest BCUT2D eigenvalue weighted by Gasteiger charge is 1.95. The molecule has 0 spiro atoms. The van der Waals surface area contributed by atoms with Crippen LogP contribution in [0.2, 0.25) is 0 Å². The van der Waals surface area contributed by atoms with Crippen LogP contribution >= 0.6 is 0 Å². The van der Waals surface area contributed by atoms with Gasteiger partial charge in [0.2, 0.25) is 0 Å². The third kappa shape index (κ3) is 36.1. The average molecular weight is 272 g/mol. The molecule has 0 radical (unpaired) electrons. The zero-order valence-electron chi connectivity index (χ0n) is 10.3. The van der Waals surface area contributed by atoms with E-state index in [1.807, 2.05) is 0 Å². The van der Waals surface area contributed by atoms with Crippen LogP contribution in [0, 0.1) is 0 Å². The maximum absolute atomic E-state index is 8.17. The maximum atomic E-state index is 8.17. The molecule has 0 amide bonds. The van der Waals surface area contributed by atoms with Gasteiger partial charge in [-0.15, -0.1) is 0 Å². The fourth-order valence-electron chi connectivity index (χ4n) is 0.115. The summed E-state index contributed by atoms with van der Waals surface area (Å²) < 4.78 is 9.00. The summed E-state index contributed by atoms with van der Waals surface area (Å²) in [4.78, 5) is 0. The molecule has 18 heavy (non-hydrogen) atoms. The van der Waals surface area contributed by atoms with Crippen LogP contribution in [0.1, 0.15) is 0 Å². The molecule has 2 saturated heterocycles. The molecule has 0 atom stereocenters. The smallest absolute Gasteiger partial charge is 0.100 e. The van der Waals surface area contributed by atoms with Gasteiger partial charge < -0.3 is 40.1 Å². The van der Waals surface area contributed by atoms with E-state index in [-0.39, 0.29) is 26.4 Å². The molecular weight excluding hydrogens is 248 g/mol. The summed E-state index contributed by atoms with van der Waals surface area (Å²) >= 11 is 0. The van der Waals surface area contributed by atoms with E-state index in [0.29, 0.717) is 0 Å². The van der Waals surface area contributed by atoms with Crippen LogP contribution in [-0.2, 0) is 9.47 Å². The lowest BCUT2D eigenvalue weighted by Gasteiger charge is -1.96. The number of hydrogen-bond donors (Lipinski definition) is 6. The molecule has 8 heteroatoms. The molecule has 0 aromatic rings. The van der Waals surface area contributed by atoms with Gasteiger partial charge in [0.05, 0.1) is 52.9 Å². The molecule has 112 valence electrons. The summed E-state index contributed by atoms with van der Waals surface area (Å²) in [5.41, 5.74) is 0. The van der Waals surface area contributed by atoms with Gasteiger partial charge in [-0.25, -0.2) is 0 Å². The van der Waals surface area contributed by atoms with Gasteiger partial charge in [-0.2, -0.15) is 0 Å². The highest BCUT2D eigenvalue weighted by atomic mass is 16.6. The van der Waals surface area contributed by atoms with Crippen molar-refractivity contribution in [2.45, 2.75) is 12.2 Å². The van der Waals surface area contributed by atoms with E-state index in [1.54, 1.807) is 0 Å². The number of hydrogen-bond acceptors (Lipinski definition) is 8. The first-order valence-electron chi connectivity index (χ1n) is 5.57. The number of ether oxygens (including phenoxy) is 2. The minimum absolute atomic E-state index is 0.365. The van der Waals surface area contributed by atoms with Crippen molar-refractivity contribution in [3.63, 3.8) is 0 Å². The Balaban J connectivity index is 0. The Labute approximate surface area is 106 Å². The fourth-order valence-corrected chi connectivity index (χ4v) is 0.115. The molecule has 2 aliphatic heterocycles. The fraction of sp³-hybridized carbons (Fsp3) is 1.00. The van der Waals surface area contributed by atoms with Crippen LogP contribution in [0.25, 0.3) is 0 Å². The van der Waals surface area contributed by atoms with Crippen LogP contribution in [0.5, 0.6) is 0 Å². The molecule has 6 N–H and O–H groups in total. The van der Waals surface area contributed by atoms with Gasteiger partial charge in [0.15, 0.2) is 0 Å². The summed E-state index contributed by atoms with van der Waals surface area (Å²) in [6.45, 7) is 2.54. The Kier molecular flexibility index (Phi) is 18.5. The zero-order valence-corrected chi connectivity index (χ0v) is 10.3. The quantitative estimate of drug-likeness (QED) is 0.292. The molecule has 0 unspecified atom stereocenters. The Morgan fingerprint density at radius 2 is 0.778 bits per heavy atom. The largest absolute Gasteiger partial charge is 0.394 e. The standard InChI is InChI=1S/2C3H8O3.2C2H4O/c2*4-1-3(6)2-5;2*1-2-3-1/h2*3-6H,1-2H2;2*1-2H2. The molecule has 0 aromatic heterocycles. The van der Waals surface area contributed by atoms with Crippen molar-refractivity contribution in [3.05, 3.63) is 0 Å². The predicted molar refractivity (Wildman–Crippen MR) is 62.0 cm³/mol. The second-order valence-electron chi connectivity index (χ2n) is 3.26. The van der Waals surface area contributed by atoms with Crippen LogP contribution in [0.3, 0.4) is 0 Å². The zero-order chi connectivity index (χ0) is 14.2. The summed E-state index contributed by atoms with van der Waals surface area (Å²) in [6.07, 6.45) is -1.91. The third-order valence-corrected chi connectivity index (χ3v) is 1.25. The first-order valence-corrected chi connectivity index (χ1v) is 5.57. The number of epoxide rings is 2. The monoisotopic (exact) mass is 272 g/mol. The lowest BCUT2D eigenvalue weighted by atomic mass is 10.4. The van der Waals surface area contributed by atoms with Crippen molar-refractivity contribution in [1.82, 2.24) is 0 Å². The Bertz CT molecular complexity index is 112. The van der Waals surface area contributed by atoms with E-state index in [2.05, 4.69) is 9.47 Å². The highest BCUT2D eigenvalue weighted by molar-refractivity contribution is 4.44. The Morgan fingerprint density at radius 1 is 0.611 bits per heavy atom. The van der Waals surface area contributed by atoms with E-state index >= 15 is 0 Å². The number of aliphatic hydroxyl groups is 6. The highest BCUT2D eigenvalue weighted by Crippen LogP contribution is 1.85. The summed E-state index contributed by atoms with van der Waals surface area (Å²) in [5, 5.41) is 48.0. The van der Waals surface area contributed by atoms with Crippen molar-refractivity contribution in [3.8, 4) is 0 Å². The van der Waals surface area contributed by atoms with E-state index in [9.17, 15) is 0 Å². The Hall–Kier alpha value is -0.320. The lowest BCUT2D eigenvalue weighted by Crippen LogP contribution is -2.15. The molecule has 2 fully saturated rings. The van der Waals surface area contributed by atoms with Crippen molar-refractivity contribution in [1.29, 1.82) is 0 Å². The molecule has 8 nitrogen and oxygen atoms in total. The van der Waals surface area contributed by atoms with E-state index in [1.165, 1.54) is 0 Å². The normalized spacial score (nSPS) is 14.7. The van der Waals surface area contributed by atoms with Gasteiger partial charge in [-0.3, -0.25) is 0 Å². The maximum Gasteiger partial charge on any atom is 0.100 e. The molecule has 2 aliphatic rings. The Morgan fingerprint density at radius 3 is 0.778 bits per heavy atom. The van der Waals surface area contributed by atoms with E-state index < -0.39 is 12.2 Å². The third-order valence-electron chi connectivity index (χ3n) is 1.25. The molecular formula is C10H24O8. The average Bonchev–Trinajstić information content (AvgIpc) is 3.29. The summed E-state index contributed by atoms with van der Waals surface area (Å²) in [7, 11) is 0. The molecule has 0 aromatic carbocycles. The minimum Gasteiger partial charge on any atom is -0.394 e. The second kappa shape index (κ2) is 16.7. The SMILES string of the molecule is C1CO1.C1CO1.OCC(O)CO.OCC(O)CO. The van der Waals surface area contributed by atoms with Gasteiger partial charge in [0, 0.05) is 0 Å². The molecule has 0 saturated carbocycles. The molecule has 2 heterocycles. The first kappa shape index (κ1) is 20.0. The van der Waals surface area contributed by atoms with Crippen LogP contribution in [0.4, 0.5) is 0 Å². The predicted octanol–water partition coefficient (Wildman–Crippen LogP) is -3.30. The van der Waals surface area contributed by atoms with E-state index in [0.717, 1.165) is 26.4 Å². The summed E-state index contributed by atoms with van der Waals surface area (Å²) in [6, 6.07) is 0. The van der Waals surface area contributed by atoms with Crippen LogP contribution < -0.4 is 0 Å². The van der Waals surface area contributed by atoms with Gasteiger partial charge in [-0.05, 0) is 0 Å². The van der Waals surface area contributed by atoms with Crippen LogP contribution in [-0.4, -0.2) is 95.7 Å². The lowest BCUT2D eigenvalue weighted by molar-refractivity contribution is 0.0450. The summed E-state index contributed by atoms with van der Waals surface area (Å²) in [5.74, 6) is 0.